The molecule has 3 aromatic rings. The molecule has 0 spiro atoms. The van der Waals surface area contributed by atoms with Gasteiger partial charge in [0.2, 0.25) is 5.75 Å². The van der Waals surface area contributed by atoms with Crippen molar-refractivity contribution in [3.63, 3.8) is 0 Å². The number of nitrogens with zero attached hydrogens (tertiary/aromatic N) is 4. The van der Waals surface area contributed by atoms with E-state index in [2.05, 4.69) is 16.9 Å². The SMILES string of the molecule is CC(=O)c1cc(CS(=O)N2CCN(c3cnn(-c4ccccc4)c(=O)c3OCC3(C)CC3)CC2)ccc1N. The van der Waals surface area contributed by atoms with Gasteiger partial charge in [-0.15, -0.1) is 0 Å². The van der Waals surface area contributed by atoms with Crippen molar-refractivity contribution in [2.45, 2.75) is 32.4 Å². The molecule has 1 atom stereocenters. The monoisotopic (exact) mass is 535 g/mol. The lowest BCUT2D eigenvalue weighted by Crippen LogP contribution is -2.47. The molecule has 1 unspecified atom stereocenters. The molecule has 38 heavy (non-hydrogen) atoms. The van der Waals surface area contributed by atoms with Crippen LogP contribution in [-0.2, 0) is 16.7 Å². The lowest BCUT2D eigenvalue weighted by Gasteiger charge is -2.35. The number of ether oxygens (including phenoxy) is 1. The van der Waals surface area contributed by atoms with Crippen LogP contribution in [0.4, 0.5) is 11.4 Å². The zero-order valence-electron chi connectivity index (χ0n) is 21.8. The number of hydrogen-bond donors (Lipinski definition) is 1. The standard InChI is InChI=1S/C28H33N5O4S/c1-20(34)23-16-21(8-9-24(23)29)18-38(36)32-14-12-31(13-15-32)25-17-30-33(22-6-4-3-5-7-22)27(35)26(25)37-19-28(2)10-11-28/h3-9,16-17H,10-15,18-19,29H2,1-2H3. The molecule has 10 heteroatoms. The van der Waals surface area contributed by atoms with Crippen molar-refractivity contribution in [2.24, 2.45) is 5.41 Å². The second-order valence-electron chi connectivity index (χ2n) is 10.4. The lowest BCUT2D eigenvalue weighted by atomic mass is 10.1. The summed E-state index contributed by atoms with van der Waals surface area (Å²) < 4.78 is 22.6. The number of nitrogen functional groups attached to an aromatic ring is 1. The molecule has 2 fully saturated rings. The van der Waals surface area contributed by atoms with E-state index in [-0.39, 0.29) is 16.8 Å². The second-order valence-corrected chi connectivity index (χ2v) is 11.8. The highest BCUT2D eigenvalue weighted by atomic mass is 32.2. The van der Waals surface area contributed by atoms with Crippen molar-refractivity contribution in [3.05, 3.63) is 76.2 Å². The van der Waals surface area contributed by atoms with Crippen molar-refractivity contribution >= 4 is 28.1 Å². The predicted octanol–water partition coefficient (Wildman–Crippen LogP) is 3.18. The van der Waals surface area contributed by atoms with Crippen molar-refractivity contribution in [1.82, 2.24) is 14.1 Å². The fraction of sp³-hybridized carbons (Fsp3) is 0.393. The molecule has 0 radical (unpaired) electrons. The molecule has 200 valence electrons. The normalized spacial score (nSPS) is 17.7. The van der Waals surface area contributed by atoms with Gasteiger partial charge in [0.05, 0.1) is 35.2 Å². The first-order chi connectivity index (χ1) is 18.2. The summed E-state index contributed by atoms with van der Waals surface area (Å²) in [4.78, 5) is 27.4. The Morgan fingerprint density at radius 2 is 1.82 bits per heavy atom. The molecule has 5 rings (SSSR count). The van der Waals surface area contributed by atoms with E-state index in [0.29, 0.717) is 66.9 Å². The second kappa shape index (κ2) is 10.7. The number of rotatable bonds is 9. The summed E-state index contributed by atoms with van der Waals surface area (Å²) in [7, 11) is -1.26. The highest BCUT2D eigenvalue weighted by molar-refractivity contribution is 7.81. The number of anilines is 2. The smallest absolute Gasteiger partial charge is 0.316 e. The molecule has 0 amide bonds. The fourth-order valence-corrected chi connectivity index (χ4v) is 5.73. The van der Waals surface area contributed by atoms with Crippen LogP contribution in [0.1, 0.15) is 42.6 Å². The Hall–Kier alpha value is -3.50. The van der Waals surface area contributed by atoms with Crippen molar-refractivity contribution < 1.29 is 13.7 Å². The Morgan fingerprint density at radius 1 is 1.11 bits per heavy atom. The van der Waals surface area contributed by atoms with Crippen LogP contribution >= 0.6 is 0 Å². The third-order valence-corrected chi connectivity index (χ3v) is 8.76. The van der Waals surface area contributed by atoms with Gasteiger partial charge in [-0.3, -0.25) is 9.59 Å². The van der Waals surface area contributed by atoms with Crippen molar-refractivity contribution in [2.75, 3.05) is 43.4 Å². The minimum absolute atomic E-state index is 0.111. The van der Waals surface area contributed by atoms with Crippen LogP contribution in [-0.4, -0.2) is 56.9 Å². The Morgan fingerprint density at radius 3 is 2.47 bits per heavy atom. The number of carbonyl (C=O) groups excluding carboxylic acids is 1. The summed E-state index contributed by atoms with van der Waals surface area (Å²) in [5.74, 6) is 0.507. The molecular formula is C28H33N5O4S. The van der Waals surface area contributed by atoms with Crippen LogP contribution in [0.15, 0.2) is 59.5 Å². The number of Topliss-reactive ketones (excluding diaryl/α,β-unsaturated/α-hetero) is 1. The fourth-order valence-electron chi connectivity index (χ4n) is 4.51. The van der Waals surface area contributed by atoms with Crippen LogP contribution < -0.4 is 20.9 Å². The quantitative estimate of drug-likeness (QED) is 0.331. The van der Waals surface area contributed by atoms with E-state index in [1.807, 2.05) is 40.7 Å². The molecule has 1 saturated carbocycles. The van der Waals surface area contributed by atoms with Crippen molar-refractivity contribution in [1.29, 1.82) is 0 Å². The Labute approximate surface area is 224 Å². The van der Waals surface area contributed by atoms with Crippen LogP contribution in [0, 0.1) is 5.41 Å². The third kappa shape index (κ3) is 5.66. The summed E-state index contributed by atoms with van der Waals surface area (Å²) in [5, 5.41) is 4.46. The van der Waals surface area contributed by atoms with Gasteiger partial charge < -0.3 is 15.4 Å². The molecule has 2 aliphatic rings. The molecule has 2 aromatic carbocycles. The number of carbonyl (C=O) groups is 1. The van der Waals surface area contributed by atoms with Gasteiger partial charge in [-0.25, -0.2) is 8.51 Å². The minimum atomic E-state index is -1.26. The molecule has 1 aliphatic carbocycles. The summed E-state index contributed by atoms with van der Waals surface area (Å²) in [5.41, 5.74) is 8.77. The Balaban J connectivity index is 1.31. The number of ketones is 1. The lowest BCUT2D eigenvalue weighted by molar-refractivity contribution is 0.101. The average Bonchev–Trinajstić information content (AvgIpc) is 3.66. The number of para-hydroxylation sites is 1. The third-order valence-electron chi connectivity index (χ3n) is 7.24. The van der Waals surface area contributed by atoms with Crippen molar-refractivity contribution in [3.8, 4) is 11.4 Å². The maximum atomic E-state index is 13.5. The summed E-state index contributed by atoms with van der Waals surface area (Å²) in [6.45, 7) is 6.40. The largest absolute Gasteiger partial charge is 0.486 e. The molecule has 2 N–H and O–H groups in total. The van der Waals surface area contributed by atoms with Crippen LogP contribution in [0.5, 0.6) is 5.75 Å². The molecule has 1 aliphatic heterocycles. The Bertz CT molecular complexity index is 1410. The summed E-state index contributed by atoms with van der Waals surface area (Å²) in [6, 6.07) is 14.5. The van der Waals surface area contributed by atoms with Gasteiger partial charge in [0, 0.05) is 42.8 Å². The average molecular weight is 536 g/mol. The molecule has 0 bridgehead atoms. The highest BCUT2D eigenvalue weighted by Crippen LogP contribution is 2.45. The number of aromatic nitrogens is 2. The minimum Gasteiger partial charge on any atom is -0.486 e. The van der Waals surface area contributed by atoms with Crippen LogP contribution in [0.3, 0.4) is 0 Å². The van der Waals surface area contributed by atoms with E-state index in [0.717, 1.165) is 18.4 Å². The zero-order chi connectivity index (χ0) is 26.9. The van der Waals surface area contributed by atoms with Gasteiger partial charge >= 0.3 is 5.56 Å². The van der Waals surface area contributed by atoms with E-state index < -0.39 is 11.0 Å². The molecular weight excluding hydrogens is 502 g/mol. The van der Waals surface area contributed by atoms with Crippen LogP contribution in [0.2, 0.25) is 0 Å². The summed E-state index contributed by atoms with van der Waals surface area (Å²) >= 11 is 0. The molecule has 1 saturated heterocycles. The number of benzene rings is 2. The highest BCUT2D eigenvalue weighted by Gasteiger charge is 2.39. The van der Waals surface area contributed by atoms with E-state index >= 15 is 0 Å². The first kappa shape index (κ1) is 26.1. The molecule has 9 nitrogen and oxygen atoms in total. The maximum Gasteiger partial charge on any atom is 0.316 e. The first-order valence-electron chi connectivity index (χ1n) is 12.8. The van der Waals surface area contributed by atoms with E-state index in [1.165, 1.54) is 11.6 Å². The van der Waals surface area contributed by atoms with Gasteiger partial charge in [0.15, 0.2) is 5.78 Å². The zero-order valence-corrected chi connectivity index (χ0v) is 22.6. The maximum absolute atomic E-state index is 13.5. The number of nitrogens with two attached hydrogens (primary N) is 1. The molecule has 1 aromatic heterocycles. The van der Waals surface area contributed by atoms with Gasteiger partial charge in [0.1, 0.15) is 5.69 Å². The molecule has 2 heterocycles. The van der Waals surface area contributed by atoms with Gasteiger partial charge in [0.25, 0.3) is 0 Å². The first-order valence-corrected chi connectivity index (χ1v) is 14.1. The predicted molar refractivity (Wildman–Crippen MR) is 149 cm³/mol. The van der Waals surface area contributed by atoms with E-state index in [1.54, 1.807) is 18.3 Å². The van der Waals surface area contributed by atoms with Crippen LogP contribution in [0.25, 0.3) is 5.69 Å². The van der Waals surface area contributed by atoms with E-state index in [9.17, 15) is 13.8 Å². The number of piperazine rings is 1. The number of hydrogen-bond acceptors (Lipinski definition) is 7. The van der Waals surface area contributed by atoms with Gasteiger partial charge in [-0.1, -0.05) is 31.2 Å². The topological polar surface area (TPSA) is 111 Å². The van der Waals surface area contributed by atoms with Gasteiger partial charge in [-0.2, -0.15) is 9.78 Å². The summed E-state index contributed by atoms with van der Waals surface area (Å²) in [6.07, 6.45) is 3.88. The van der Waals surface area contributed by atoms with Gasteiger partial charge in [-0.05, 0) is 49.6 Å². The van der Waals surface area contributed by atoms with E-state index in [4.69, 9.17) is 10.5 Å². The Kier molecular flexibility index (Phi) is 7.36.